The second-order valence-electron chi connectivity index (χ2n) is 6.72. The number of carbonyl (C=O) groups excluding carboxylic acids is 1. The Balaban J connectivity index is 1.73. The zero-order chi connectivity index (χ0) is 20.2. The molecule has 1 heterocycles. The van der Waals surface area contributed by atoms with Crippen molar-refractivity contribution in [3.05, 3.63) is 100 Å². The van der Waals surface area contributed by atoms with Gasteiger partial charge in [-0.2, -0.15) is 0 Å². The molecular formula is C24H20N2O2S. The highest BCUT2D eigenvalue weighted by molar-refractivity contribution is 8.19. The van der Waals surface area contributed by atoms with E-state index >= 15 is 0 Å². The SMILES string of the molecule is Cc1ccc(N=C2S/C(=C\c3ccc(CO)cc3)C(=O)N2c2ccccc2)cc1. The van der Waals surface area contributed by atoms with Crippen LogP contribution in [0, 0.1) is 6.92 Å². The molecule has 4 rings (SSSR count). The lowest BCUT2D eigenvalue weighted by Gasteiger charge is -2.15. The number of amides is 1. The zero-order valence-corrected chi connectivity index (χ0v) is 16.8. The van der Waals surface area contributed by atoms with Gasteiger partial charge in [-0.1, -0.05) is 60.2 Å². The number of aliphatic imine (C=N–C) groups is 1. The van der Waals surface area contributed by atoms with Gasteiger partial charge in [-0.25, -0.2) is 4.99 Å². The molecule has 0 unspecified atom stereocenters. The monoisotopic (exact) mass is 400 g/mol. The fourth-order valence-corrected chi connectivity index (χ4v) is 3.95. The fraction of sp³-hybridized carbons (Fsp3) is 0.0833. The van der Waals surface area contributed by atoms with Crippen LogP contribution >= 0.6 is 11.8 Å². The molecule has 0 atom stereocenters. The van der Waals surface area contributed by atoms with Crippen molar-refractivity contribution in [1.82, 2.24) is 0 Å². The van der Waals surface area contributed by atoms with Crippen LogP contribution in [0.2, 0.25) is 0 Å². The number of nitrogens with zero attached hydrogens (tertiary/aromatic N) is 2. The zero-order valence-electron chi connectivity index (χ0n) is 15.9. The second-order valence-corrected chi connectivity index (χ2v) is 7.73. The van der Waals surface area contributed by atoms with Gasteiger partial charge in [0.05, 0.1) is 22.9 Å². The van der Waals surface area contributed by atoms with Gasteiger partial charge in [0, 0.05) is 0 Å². The minimum Gasteiger partial charge on any atom is -0.392 e. The van der Waals surface area contributed by atoms with E-state index in [4.69, 9.17) is 4.99 Å². The molecule has 29 heavy (non-hydrogen) atoms. The number of thioether (sulfide) groups is 1. The Hall–Kier alpha value is -3.15. The average Bonchev–Trinajstić information content (AvgIpc) is 3.05. The summed E-state index contributed by atoms with van der Waals surface area (Å²) in [4.78, 5) is 20.2. The van der Waals surface area contributed by atoms with Gasteiger partial charge in [-0.15, -0.1) is 0 Å². The predicted octanol–water partition coefficient (Wildman–Crippen LogP) is 5.30. The minimum absolute atomic E-state index is 0.000325. The quantitative estimate of drug-likeness (QED) is 0.605. The van der Waals surface area contributed by atoms with E-state index in [9.17, 15) is 9.90 Å². The molecule has 0 spiro atoms. The third kappa shape index (κ3) is 4.31. The maximum Gasteiger partial charge on any atom is 0.271 e. The Morgan fingerprint density at radius 2 is 1.66 bits per heavy atom. The third-order valence-corrected chi connectivity index (χ3v) is 5.51. The molecule has 4 nitrogen and oxygen atoms in total. The van der Waals surface area contributed by atoms with Gasteiger partial charge in [0.2, 0.25) is 0 Å². The molecule has 0 bridgehead atoms. The molecule has 0 saturated carbocycles. The minimum atomic E-state index is -0.0988. The molecule has 0 aromatic heterocycles. The van der Waals surface area contributed by atoms with E-state index in [2.05, 4.69) is 0 Å². The Morgan fingerprint density at radius 1 is 0.966 bits per heavy atom. The number of aliphatic hydroxyl groups excluding tert-OH is 1. The van der Waals surface area contributed by atoms with Gasteiger partial charge in [-0.3, -0.25) is 9.69 Å². The van der Waals surface area contributed by atoms with Gasteiger partial charge in [0.15, 0.2) is 5.17 Å². The summed E-state index contributed by atoms with van der Waals surface area (Å²) in [6.45, 7) is 2.03. The van der Waals surface area contributed by atoms with Crippen molar-refractivity contribution in [2.24, 2.45) is 4.99 Å². The summed E-state index contributed by atoms with van der Waals surface area (Å²) in [5, 5.41) is 9.84. The molecule has 1 amide bonds. The molecule has 1 fully saturated rings. The number of amidine groups is 1. The van der Waals surface area contributed by atoms with Crippen LogP contribution in [0.4, 0.5) is 11.4 Å². The van der Waals surface area contributed by atoms with Crippen LogP contribution < -0.4 is 4.90 Å². The van der Waals surface area contributed by atoms with Crippen LogP contribution in [0.5, 0.6) is 0 Å². The molecule has 3 aromatic rings. The average molecular weight is 401 g/mol. The lowest BCUT2D eigenvalue weighted by molar-refractivity contribution is -0.113. The lowest BCUT2D eigenvalue weighted by Crippen LogP contribution is -2.28. The molecule has 0 radical (unpaired) electrons. The largest absolute Gasteiger partial charge is 0.392 e. The number of benzene rings is 3. The fourth-order valence-electron chi connectivity index (χ4n) is 2.95. The molecule has 0 aliphatic carbocycles. The molecule has 1 saturated heterocycles. The molecule has 1 N–H and O–H groups in total. The molecule has 1 aliphatic rings. The van der Waals surface area contributed by atoms with Gasteiger partial charge >= 0.3 is 0 Å². The highest BCUT2D eigenvalue weighted by Crippen LogP contribution is 2.37. The van der Waals surface area contributed by atoms with Crippen molar-refractivity contribution in [3.8, 4) is 0 Å². The number of hydrogen-bond donors (Lipinski definition) is 1. The summed E-state index contributed by atoms with van der Waals surface area (Å²) in [7, 11) is 0. The van der Waals surface area contributed by atoms with Crippen LogP contribution in [-0.2, 0) is 11.4 Å². The third-order valence-electron chi connectivity index (χ3n) is 4.54. The van der Waals surface area contributed by atoms with E-state index in [0.717, 1.165) is 28.1 Å². The van der Waals surface area contributed by atoms with Crippen LogP contribution in [0.15, 0.2) is 88.8 Å². The van der Waals surface area contributed by atoms with Crippen molar-refractivity contribution in [1.29, 1.82) is 0 Å². The maximum absolute atomic E-state index is 13.2. The molecule has 3 aromatic carbocycles. The molecule has 5 heteroatoms. The van der Waals surface area contributed by atoms with E-state index in [1.54, 1.807) is 4.90 Å². The van der Waals surface area contributed by atoms with Gasteiger partial charge in [0.1, 0.15) is 0 Å². The van der Waals surface area contributed by atoms with Crippen molar-refractivity contribution in [2.45, 2.75) is 13.5 Å². The summed E-state index contributed by atoms with van der Waals surface area (Å²) >= 11 is 1.36. The number of aryl methyl sites for hydroxylation is 1. The van der Waals surface area contributed by atoms with Gasteiger partial charge in [-0.05, 0) is 60.2 Å². The van der Waals surface area contributed by atoms with Crippen molar-refractivity contribution in [2.75, 3.05) is 4.90 Å². The predicted molar refractivity (Wildman–Crippen MR) is 120 cm³/mol. The Kier molecular flexibility index (Phi) is 5.60. The standard InChI is InChI=1S/C24H20N2O2S/c1-17-7-13-20(14-8-17)25-24-26(21-5-3-2-4-6-21)23(28)22(29-24)15-18-9-11-19(16-27)12-10-18/h2-15,27H,16H2,1H3/b22-15-,25-24?. The number of rotatable bonds is 4. The second kappa shape index (κ2) is 8.47. The lowest BCUT2D eigenvalue weighted by atomic mass is 10.1. The summed E-state index contributed by atoms with van der Waals surface area (Å²) < 4.78 is 0. The Morgan fingerprint density at radius 3 is 2.31 bits per heavy atom. The maximum atomic E-state index is 13.2. The van der Waals surface area contributed by atoms with Crippen LogP contribution in [0.1, 0.15) is 16.7 Å². The van der Waals surface area contributed by atoms with E-state index in [0.29, 0.717) is 10.1 Å². The molecular weight excluding hydrogens is 380 g/mol. The van der Waals surface area contributed by atoms with Crippen molar-refractivity contribution < 1.29 is 9.90 Å². The van der Waals surface area contributed by atoms with Crippen LogP contribution in [0.3, 0.4) is 0 Å². The smallest absolute Gasteiger partial charge is 0.271 e. The summed E-state index contributed by atoms with van der Waals surface area (Å²) in [6.07, 6.45) is 1.86. The first-order chi connectivity index (χ1) is 14.1. The Bertz CT molecular complexity index is 1070. The van der Waals surface area contributed by atoms with E-state index in [-0.39, 0.29) is 12.5 Å². The number of hydrogen-bond acceptors (Lipinski definition) is 4. The highest BCUT2D eigenvalue weighted by atomic mass is 32.2. The van der Waals surface area contributed by atoms with Gasteiger partial charge in [0.25, 0.3) is 5.91 Å². The number of para-hydroxylation sites is 1. The van der Waals surface area contributed by atoms with E-state index in [1.165, 1.54) is 11.8 Å². The first kappa shape index (κ1) is 19.2. The number of carbonyl (C=O) groups is 1. The normalized spacial score (nSPS) is 16.8. The summed E-state index contributed by atoms with van der Waals surface area (Å²) in [5.41, 5.74) is 4.50. The Labute approximate surface area is 174 Å². The van der Waals surface area contributed by atoms with Crippen LogP contribution in [-0.4, -0.2) is 16.2 Å². The van der Waals surface area contributed by atoms with E-state index in [1.807, 2.05) is 91.9 Å². The first-order valence-electron chi connectivity index (χ1n) is 9.28. The van der Waals surface area contributed by atoms with Gasteiger partial charge < -0.3 is 5.11 Å². The van der Waals surface area contributed by atoms with Crippen LogP contribution in [0.25, 0.3) is 6.08 Å². The van der Waals surface area contributed by atoms with Crippen molar-refractivity contribution >= 4 is 40.3 Å². The highest BCUT2D eigenvalue weighted by Gasteiger charge is 2.34. The molecule has 1 aliphatic heterocycles. The topological polar surface area (TPSA) is 52.9 Å². The number of anilines is 1. The van der Waals surface area contributed by atoms with E-state index < -0.39 is 0 Å². The van der Waals surface area contributed by atoms with Crippen molar-refractivity contribution in [3.63, 3.8) is 0 Å². The number of aliphatic hydroxyl groups is 1. The molecule has 144 valence electrons. The summed E-state index contributed by atoms with van der Waals surface area (Å²) in [5.74, 6) is -0.0988. The first-order valence-corrected chi connectivity index (χ1v) is 10.1. The summed E-state index contributed by atoms with van der Waals surface area (Å²) in [6, 6.07) is 25.0.